The summed E-state index contributed by atoms with van der Waals surface area (Å²) < 4.78 is 6.54. The lowest BCUT2D eigenvalue weighted by Gasteiger charge is -2.13. The molecule has 2 aromatic rings. The van der Waals surface area contributed by atoms with E-state index in [9.17, 15) is 4.79 Å². The molecule has 0 bridgehead atoms. The third-order valence-corrected chi connectivity index (χ3v) is 3.22. The molecule has 96 valence electrons. The fourth-order valence-electron chi connectivity index (χ4n) is 1.83. The third-order valence-electron chi connectivity index (χ3n) is 2.76. The number of benzene rings is 1. The van der Waals surface area contributed by atoms with Gasteiger partial charge in [-0.05, 0) is 30.7 Å². The number of fused-ring (bicyclic) bond motifs is 1. The summed E-state index contributed by atoms with van der Waals surface area (Å²) in [5.41, 5.74) is 1.70. The predicted molar refractivity (Wildman–Crippen MR) is 72.7 cm³/mol. The molecule has 0 aliphatic heterocycles. The molecule has 0 aliphatic carbocycles. The van der Waals surface area contributed by atoms with Gasteiger partial charge in [-0.25, -0.2) is 0 Å². The number of carbonyl (C=O) groups excluding carboxylic acids is 1. The Bertz CT molecular complexity index is 591. The van der Waals surface area contributed by atoms with Gasteiger partial charge in [0.1, 0.15) is 5.58 Å². The van der Waals surface area contributed by atoms with E-state index in [1.165, 1.54) is 4.90 Å². The Morgan fingerprint density at radius 1 is 1.44 bits per heavy atom. The largest absolute Gasteiger partial charge is 0.451 e. The van der Waals surface area contributed by atoms with Crippen molar-refractivity contribution in [3.05, 3.63) is 34.0 Å². The highest BCUT2D eigenvalue weighted by molar-refractivity contribution is 9.10. The zero-order valence-corrected chi connectivity index (χ0v) is 11.8. The van der Waals surface area contributed by atoms with Crippen molar-refractivity contribution in [1.29, 1.82) is 0 Å². The highest BCUT2D eigenvalue weighted by Crippen LogP contribution is 2.27. The van der Waals surface area contributed by atoms with Gasteiger partial charge in [0.25, 0.3) is 5.91 Å². The number of furan rings is 1. The van der Waals surface area contributed by atoms with Crippen molar-refractivity contribution in [3.8, 4) is 0 Å². The van der Waals surface area contributed by atoms with Crippen molar-refractivity contribution in [2.75, 3.05) is 20.2 Å². The van der Waals surface area contributed by atoms with Gasteiger partial charge in [0, 0.05) is 23.5 Å². The van der Waals surface area contributed by atoms with Crippen LogP contribution in [0.25, 0.3) is 11.0 Å². The molecule has 1 aromatic heterocycles. The lowest BCUT2D eigenvalue weighted by Crippen LogP contribution is -2.29. The van der Waals surface area contributed by atoms with E-state index in [-0.39, 0.29) is 12.5 Å². The van der Waals surface area contributed by atoms with Crippen LogP contribution in [0, 0.1) is 6.92 Å². The molecule has 1 N–H and O–H groups in total. The molecule has 0 radical (unpaired) electrons. The number of aryl methyl sites for hydroxylation is 1. The molecular weight excluding hydrogens is 298 g/mol. The maximum Gasteiger partial charge on any atom is 0.289 e. The average Bonchev–Trinajstić information content (AvgIpc) is 2.72. The molecule has 1 aromatic carbocycles. The second-order valence-corrected chi connectivity index (χ2v) is 5.12. The van der Waals surface area contributed by atoms with Gasteiger partial charge in [-0.1, -0.05) is 15.9 Å². The van der Waals surface area contributed by atoms with Gasteiger partial charge in [-0.15, -0.1) is 0 Å². The van der Waals surface area contributed by atoms with Crippen LogP contribution in [0.4, 0.5) is 0 Å². The van der Waals surface area contributed by atoms with Crippen LogP contribution in [0.15, 0.2) is 27.1 Å². The molecule has 0 saturated carbocycles. The van der Waals surface area contributed by atoms with Crippen molar-refractivity contribution < 1.29 is 14.3 Å². The first-order valence-corrected chi connectivity index (χ1v) is 6.38. The molecule has 5 heteroatoms. The standard InChI is InChI=1S/C13H14BrNO3/c1-8-5-10(14)6-9-7-11(18-12(8)9)13(17)15(2)3-4-16/h5-7,16H,3-4H2,1-2H3. The fraction of sp³-hybridized carbons (Fsp3) is 0.308. The summed E-state index contributed by atoms with van der Waals surface area (Å²) in [6, 6.07) is 5.58. The molecule has 0 atom stereocenters. The second kappa shape index (κ2) is 5.12. The van der Waals surface area contributed by atoms with E-state index in [1.54, 1.807) is 13.1 Å². The number of hydrogen-bond acceptors (Lipinski definition) is 3. The van der Waals surface area contributed by atoms with Crippen molar-refractivity contribution in [2.45, 2.75) is 6.92 Å². The van der Waals surface area contributed by atoms with E-state index < -0.39 is 0 Å². The molecular formula is C13H14BrNO3. The van der Waals surface area contributed by atoms with E-state index in [2.05, 4.69) is 15.9 Å². The Balaban J connectivity index is 2.41. The summed E-state index contributed by atoms with van der Waals surface area (Å²) in [4.78, 5) is 13.4. The molecule has 0 fully saturated rings. The number of hydrogen-bond donors (Lipinski definition) is 1. The number of rotatable bonds is 3. The second-order valence-electron chi connectivity index (χ2n) is 4.20. The number of amides is 1. The van der Waals surface area contributed by atoms with Crippen LogP contribution in [-0.2, 0) is 0 Å². The molecule has 0 unspecified atom stereocenters. The number of halogens is 1. The van der Waals surface area contributed by atoms with Crippen molar-refractivity contribution in [1.82, 2.24) is 4.90 Å². The Kier molecular flexibility index (Phi) is 3.73. The lowest BCUT2D eigenvalue weighted by molar-refractivity contribution is 0.0738. The monoisotopic (exact) mass is 311 g/mol. The summed E-state index contributed by atoms with van der Waals surface area (Å²) in [6.45, 7) is 2.16. The summed E-state index contributed by atoms with van der Waals surface area (Å²) in [7, 11) is 1.63. The van der Waals surface area contributed by atoms with Crippen LogP contribution in [-0.4, -0.2) is 36.1 Å². The summed E-state index contributed by atoms with van der Waals surface area (Å²) in [5.74, 6) is 0.0675. The molecule has 0 spiro atoms. The molecule has 1 heterocycles. The molecule has 4 nitrogen and oxygen atoms in total. The minimum Gasteiger partial charge on any atom is -0.451 e. The number of nitrogens with zero attached hydrogens (tertiary/aromatic N) is 1. The topological polar surface area (TPSA) is 53.7 Å². The molecule has 0 aliphatic rings. The SMILES string of the molecule is Cc1cc(Br)cc2cc(C(=O)N(C)CCO)oc12. The molecule has 1 amide bonds. The van der Waals surface area contributed by atoms with E-state index in [0.717, 1.165) is 21.0 Å². The Morgan fingerprint density at radius 3 is 2.83 bits per heavy atom. The molecule has 2 rings (SSSR count). The number of aliphatic hydroxyl groups excluding tert-OH is 1. The first-order chi connectivity index (χ1) is 8.52. The predicted octanol–water partition coefficient (Wildman–Crippen LogP) is 2.57. The maximum atomic E-state index is 12.0. The highest BCUT2D eigenvalue weighted by atomic mass is 79.9. The van der Waals surface area contributed by atoms with Gasteiger partial charge in [0.2, 0.25) is 0 Å². The lowest BCUT2D eigenvalue weighted by atomic mass is 10.2. The zero-order chi connectivity index (χ0) is 13.3. The highest BCUT2D eigenvalue weighted by Gasteiger charge is 2.17. The minimum absolute atomic E-state index is 0.0625. The quantitative estimate of drug-likeness (QED) is 0.948. The van der Waals surface area contributed by atoms with Gasteiger partial charge in [0.15, 0.2) is 5.76 Å². The van der Waals surface area contributed by atoms with Gasteiger partial charge in [0.05, 0.1) is 6.61 Å². The third kappa shape index (κ3) is 2.42. The van der Waals surface area contributed by atoms with Crippen molar-refractivity contribution >= 4 is 32.8 Å². The van der Waals surface area contributed by atoms with E-state index >= 15 is 0 Å². The Hall–Kier alpha value is -1.33. The van der Waals surface area contributed by atoms with Gasteiger partial charge in [-0.3, -0.25) is 4.79 Å². The fourth-order valence-corrected chi connectivity index (χ4v) is 2.42. The number of likely N-dealkylation sites (N-methyl/N-ethyl adjacent to an activating group) is 1. The van der Waals surface area contributed by atoms with E-state index in [0.29, 0.717) is 12.3 Å². The number of carbonyl (C=O) groups is 1. The average molecular weight is 312 g/mol. The normalized spacial score (nSPS) is 10.9. The van der Waals surface area contributed by atoms with Crippen LogP contribution in [0.3, 0.4) is 0 Å². The van der Waals surface area contributed by atoms with E-state index in [4.69, 9.17) is 9.52 Å². The molecule has 18 heavy (non-hydrogen) atoms. The van der Waals surface area contributed by atoms with Crippen molar-refractivity contribution in [2.24, 2.45) is 0 Å². The van der Waals surface area contributed by atoms with Crippen LogP contribution in [0.2, 0.25) is 0 Å². The van der Waals surface area contributed by atoms with Crippen LogP contribution >= 0.6 is 15.9 Å². The van der Waals surface area contributed by atoms with Crippen LogP contribution < -0.4 is 0 Å². The smallest absolute Gasteiger partial charge is 0.289 e. The summed E-state index contributed by atoms with van der Waals surface area (Å²) in [6.07, 6.45) is 0. The maximum absolute atomic E-state index is 12.0. The van der Waals surface area contributed by atoms with E-state index in [1.807, 2.05) is 19.1 Å². The molecule has 0 saturated heterocycles. The Morgan fingerprint density at radius 2 is 2.17 bits per heavy atom. The van der Waals surface area contributed by atoms with Crippen LogP contribution in [0.1, 0.15) is 16.1 Å². The summed E-state index contributed by atoms with van der Waals surface area (Å²) >= 11 is 3.41. The number of aliphatic hydroxyl groups is 1. The van der Waals surface area contributed by atoms with Crippen molar-refractivity contribution in [3.63, 3.8) is 0 Å². The first kappa shape index (κ1) is 13.1. The summed E-state index contributed by atoms with van der Waals surface area (Å²) in [5, 5.41) is 9.71. The Labute approximate surface area is 113 Å². The zero-order valence-electron chi connectivity index (χ0n) is 10.2. The first-order valence-electron chi connectivity index (χ1n) is 5.59. The van der Waals surface area contributed by atoms with Gasteiger partial charge >= 0.3 is 0 Å². The minimum atomic E-state index is -0.226. The van der Waals surface area contributed by atoms with Gasteiger partial charge in [-0.2, -0.15) is 0 Å². The van der Waals surface area contributed by atoms with Gasteiger partial charge < -0.3 is 14.4 Å². The van der Waals surface area contributed by atoms with Crippen LogP contribution in [0.5, 0.6) is 0 Å².